The van der Waals surface area contributed by atoms with Crippen LogP contribution in [-0.4, -0.2) is 0 Å². The lowest BCUT2D eigenvalue weighted by molar-refractivity contribution is 0.468. The number of ether oxygens (including phenoxy) is 1. The van der Waals surface area contributed by atoms with Crippen molar-refractivity contribution in [3.63, 3.8) is 0 Å². The van der Waals surface area contributed by atoms with Gasteiger partial charge in [0.1, 0.15) is 16.6 Å². The first-order valence-corrected chi connectivity index (χ1v) is 13.9. The lowest BCUT2D eigenvalue weighted by Crippen LogP contribution is -2.14. The second-order valence-corrected chi connectivity index (χ2v) is 13.7. The van der Waals surface area contributed by atoms with Crippen LogP contribution in [0.25, 0.3) is 0 Å². The SMILES string of the molecule is Cc1ccc([S+](c2ccc(C)cc2)c2cc(C(C)(C)C)ccc2Oc2ccc(C(C)(C)C)cc2)cc1. The fourth-order valence-electron chi connectivity index (χ4n) is 4.11. The van der Waals surface area contributed by atoms with Gasteiger partial charge in [-0.3, -0.25) is 0 Å². The van der Waals surface area contributed by atoms with Crippen LogP contribution < -0.4 is 4.74 Å². The highest BCUT2D eigenvalue weighted by atomic mass is 32.2. The van der Waals surface area contributed by atoms with Crippen molar-refractivity contribution >= 4 is 10.9 Å². The quantitative estimate of drug-likeness (QED) is 0.250. The molecule has 0 aromatic heterocycles. The molecule has 0 aliphatic carbocycles. The highest BCUT2D eigenvalue weighted by Crippen LogP contribution is 2.41. The van der Waals surface area contributed by atoms with Crippen molar-refractivity contribution in [3.8, 4) is 11.5 Å². The largest absolute Gasteiger partial charge is 0.452 e. The van der Waals surface area contributed by atoms with E-state index in [1.165, 1.54) is 36.9 Å². The predicted octanol–water partition coefficient (Wildman–Crippen LogP) is 9.79. The van der Waals surface area contributed by atoms with Gasteiger partial charge in [-0.05, 0) is 78.3 Å². The maximum absolute atomic E-state index is 6.62. The highest BCUT2D eigenvalue weighted by molar-refractivity contribution is 7.97. The van der Waals surface area contributed by atoms with Crippen molar-refractivity contribution in [2.24, 2.45) is 0 Å². The molecular formula is C34H39OS+. The molecule has 0 N–H and O–H groups in total. The summed E-state index contributed by atoms with van der Waals surface area (Å²) in [6, 6.07) is 33.2. The Kier molecular flexibility index (Phi) is 7.38. The maximum Gasteiger partial charge on any atom is 0.209 e. The molecule has 2 heteroatoms. The summed E-state index contributed by atoms with van der Waals surface area (Å²) in [5, 5.41) is 0. The monoisotopic (exact) mass is 495 g/mol. The van der Waals surface area contributed by atoms with Crippen LogP contribution in [0.2, 0.25) is 0 Å². The number of rotatable bonds is 5. The first-order chi connectivity index (χ1) is 16.9. The van der Waals surface area contributed by atoms with E-state index in [2.05, 4.69) is 146 Å². The molecule has 186 valence electrons. The van der Waals surface area contributed by atoms with Crippen LogP contribution in [0.15, 0.2) is 106 Å². The van der Waals surface area contributed by atoms with Gasteiger partial charge in [-0.2, -0.15) is 0 Å². The average molecular weight is 496 g/mol. The van der Waals surface area contributed by atoms with Crippen molar-refractivity contribution in [2.45, 2.75) is 80.9 Å². The van der Waals surface area contributed by atoms with Gasteiger partial charge >= 0.3 is 0 Å². The lowest BCUT2D eigenvalue weighted by Gasteiger charge is -2.22. The van der Waals surface area contributed by atoms with Gasteiger partial charge in [0, 0.05) is 6.07 Å². The Balaban J connectivity index is 1.87. The van der Waals surface area contributed by atoms with Gasteiger partial charge < -0.3 is 4.74 Å². The third-order valence-electron chi connectivity index (χ3n) is 6.49. The van der Waals surface area contributed by atoms with Crippen molar-refractivity contribution in [1.82, 2.24) is 0 Å². The van der Waals surface area contributed by atoms with Crippen LogP contribution in [0, 0.1) is 13.8 Å². The predicted molar refractivity (Wildman–Crippen MR) is 155 cm³/mol. The smallest absolute Gasteiger partial charge is 0.209 e. The fraction of sp³-hybridized carbons (Fsp3) is 0.294. The summed E-state index contributed by atoms with van der Waals surface area (Å²) in [5.74, 6) is 1.78. The minimum atomic E-state index is -0.305. The third-order valence-corrected chi connectivity index (χ3v) is 8.74. The first kappa shape index (κ1) is 26.1. The molecule has 36 heavy (non-hydrogen) atoms. The zero-order valence-electron chi connectivity index (χ0n) is 23.0. The lowest BCUT2D eigenvalue weighted by atomic mass is 9.87. The molecule has 0 unspecified atom stereocenters. The van der Waals surface area contributed by atoms with Crippen molar-refractivity contribution in [2.75, 3.05) is 0 Å². The number of benzene rings is 4. The third kappa shape index (κ3) is 6.05. The number of hydrogen-bond acceptors (Lipinski definition) is 1. The molecule has 0 amide bonds. The zero-order valence-corrected chi connectivity index (χ0v) is 23.8. The Hall–Kier alpha value is -2.97. The van der Waals surface area contributed by atoms with E-state index >= 15 is 0 Å². The molecule has 0 aliphatic heterocycles. The molecule has 0 heterocycles. The molecule has 0 aliphatic rings. The van der Waals surface area contributed by atoms with Gasteiger partial charge in [-0.25, -0.2) is 0 Å². The topological polar surface area (TPSA) is 9.23 Å². The molecule has 0 saturated carbocycles. The van der Waals surface area contributed by atoms with Crippen LogP contribution in [0.5, 0.6) is 11.5 Å². The molecule has 0 atom stereocenters. The molecule has 1 nitrogen and oxygen atoms in total. The molecule has 4 aromatic rings. The van der Waals surface area contributed by atoms with Crippen molar-refractivity contribution in [1.29, 1.82) is 0 Å². The summed E-state index contributed by atoms with van der Waals surface area (Å²) in [4.78, 5) is 3.81. The Bertz CT molecular complexity index is 1260. The van der Waals surface area contributed by atoms with E-state index in [4.69, 9.17) is 4.74 Å². The second kappa shape index (κ2) is 10.2. The Morgan fingerprint density at radius 2 is 0.972 bits per heavy atom. The summed E-state index contributed by atoms with van der Waals surface area (Å²) in [6.07, 6.45) is 0. The van der Waals surface area contributed by atoms with Gasteiger partial charge in [0.25, 0.3) is 0 Å². The average Bonchev–Trinajstić information content (AvgIpc) is 2.81. The van der Waals surface area contributed by atoms with Crippen LogP contribution in [0.4, 0.5) is 0 Å². The van der Waals surface area contributed by atoms with Crippen LogP contribution in [0.3, 0.4) is 0 Å². The Labute approximate surface area is 220 Å². The number of hydrogen-bond donors (Lipinski definition) is 0. The zero-order chi connectivity index (χ0) is 26.1. The van der Waals surface area contributed by atoms with E-state index in [-0.39, 0.29) is 21.7 Å². The Morgan fingerprint density at radius 3 is 1.42 bits per heavy atom. The fourth-order valence-corrected chi connectivity index (χ4v) is 6.26. The van der Waals surface area contributed by atoms with Gasteiger partial charge in [0.15, 0.2) is 15.5 Å². The normalized spacial score (nSPS) is 12.1. The van der Waals surface area contributed by atoms with Gasteiger partial charge in [0.2, 0.25) is 4.90 Å². The van der Waals surface area contributed by atoms with E-state index in [9.17, 15) is 0 Å². The molecule has 4 rings (SSSR count). The summed E-state index contributed by atoms with van der Waals surface area (Å²) in [7, 11) is -0.305. The van der Waals surface area contributed by atoms with E-state index in [1.54, 1.807) is 0 Å². The van der Waals surface area contributed by atoms with Crippen LogP contribution in [0.1, 0.15) is 63.8 Å². The molecule has 0 fully saturated rings. The summed E-state index contributed by atoms with van der Waals surface area (Å²) < 4.78 is 6.62. The van der Waals surface area contributed by atoms with E-state index in [1.807, 2.05) is 0 Å². The molecule has 4 aromatic carbocycles. The van der Waals surface area contributed by atoms with Gasteiger partial charge in [-0.15, -0.1) is 0 Å². The minimum absolute atomic E-state index is 0.0389. The van der Waals surface area contributed by atoms with Crippen molar-refractivity contribution < 1.29 is 4.74 Å². The van der Waals surface area contributed by atoms with E-state index in [0.29, 0.717) is 0 Å². The Morgan fingerprint density at radius 1 is 0.528 bits per heavy atom. The molecular weight excluding hydrogens is 456 g/mol. The van der Waals surface area contributed by atoms with Crippen LogP contribution in [-0.2, 0) is 21.7 Å². The minimum Gasteiger partial charge on any atom is -0.452 e. The number of aryl methyl sites for hydroxylation is 2. The molecule has 0 spiro atoms. The van der Waals surface area contributed by atoms with E-state index < -0.39 is 0 Å². The molecule has 0 saturated heterocycles. The summed E-state index contributed by atoms with van der Waals surface area (Å²) >= 11 is 0. The molecule has 0 radical (unpaired) electrons. The second-order valence-electron chi connectivity index (χ2n) is 11.7. The van der Waals surface area contributed by atoms with Crippen LogP contribution >= 0.6 is 0 Å². The van der Waals surface area contributed by atoms with E-state index in [0.717, 1.165) is 11.5 Å². The highest BCUT2D eigenvalue weighted by Gasteiger charge is 2.34. The maximum atomic E-state index is 6.62. The van der Waals surface area contributed by atoms with Gasteiger partial charge in [0.05, 0.1) is 0 Å². The van der Waals surface area contributed by atoms with Gasteiger partial charge in [-0.1, -0.05) is 95.1 Å². The summed E-state index contributed by atoms with van der Waals surface area (Å²) in [5.41, 5.74) is 5.30. The first-order valence-electron chi connectivity index (χ1n) is 12.7. The van der Waals surface area contributed by atoms with Crippen molar-refractivity contribution in [3.05, 3.63) is 113 Å². The summed E-state index contributed by atoms with van der Waals surface area (Å²) in [6.45, 7) is 17.8. The standard InChI is InChI=1S/C34H39OS/c1-24-9-18-29(19-10-24)36(30-20-11-25(2)12-21-30)32-23-27(34(6,7)8)15-22-31(32)35-28-16-13-26(14-17-28)33(3,4)5/h9-23H,1-8H3/q+1. The molecule has 0 bridgehead atoms.